The second kappa shape index (κ2) is 17.2. The van der Waals surface area contributed by atoms with Gasteiger partial charge < -0.3 is 19.8 Å². The Morgan fingerprint density at radius 1 is 0.644 bits per heavy atom. The van der Waals surface area contributed by atoms with Gasteiger partial charge in [-0.3, -0.25) is 9.59 Å². The number of carbonyl (C=O) groups is 2. The molecule has 0 atom stereocenters. The average molecular weight is 830 g/mol. The molecule has 0 bridgehead atoms. The van der Waals surface area contributed by atoms with Gasteiger partial charge in [0.1, 0.15) is 11.6 Å². The van der Waals surface area contributed by atoms with Gasteiger partial charge in [0.25, 0.3) is 11.8 Å². The largest absolute Gasteiger partial charge is 0.347 e. The van der Waals surface area contributed by atoms with Crippen molar-refractivity contribution in [2.45, 2.75) is 97.6 Å². The van der Waals surface area contributed by atoms with Crippen molar-refractivity contribution in [3.05, 3.63) is 143 Å². The van der Waals surface area contributed by atoms with Crippen LogP contribution in [0.1, 0.15) is 112 Å². The Morgan fingerprint density at radius 3 is 1.49 bits per heavy atom. The number of carbonyl (C=O) groups excluding carboxylic acids is 2. The molecule has 4 aromatic carbocycles. The van der Waals surface area contributed by atoms with Crippen LogP contribution in [-0.4, -0.2) is 42.0 Å². The summed E-state index contributed by atoms with van der Waals surface area (Å²) in [6.07, 6.45) is 13.0. The summed E-state index contributed by atoms with van der Waals surface area (Å²) in [5.41, 5.74) is 6.74. The minimum absolute atomic E-state index is 0.0443. The molecule has 0 spiro atoms. The third-order valence-corrected chi connectivity index (χ3v) is 12.1. The first-order chi connectivity index (χ1) is 28.1. The highest BCUT2D eigenvalue weighted by atomic mass is 35.5. The Bertz CT molecular complexity index is 2440. The number of halogens is 2. The van der Waals surface area contributed by atoms with E-state index < -0.39 is 0 Å². The Balaban J connectivity index is 0.000000179. The number of imidazole rings is 2. The van der Waals surface area contributed by atoms with Crippen LogP contribution in [0.4, 0.5) is 0 Å². The first-order valence-corrected chi connectivity index (χ1v) is 21.4. The molecule has 2 aliphatic carbocycles. The van der Waals surface area contributed by atoms with Gasteiger partial charge in [-0.2, -0.15) is 0 Å². The average Bonchev–Trinajstić information content (AvgIpc) is 4.15. The van der Waals surface area contributed by atoms with Gasteiger partial charge >= 0.3 is 0 Å². The highest BCUT2D eigenvalue weighted by Gasteiger charge is 2.40. The Kier molecular flexibility index (Phi) is 12.2. The molecule has 306 valence electrons. The number of aromatic nitrogens is 4. The third kappa shape index (κ3) is 10.00. The van der Waals surface area contributed by atoms with Crippen LogP contribution in [0, 0.1) is 11.8 Å². The number of amides is 2. The predicted molar refractivity (Wildman–Crippen MR) is 240 cm³/mol. The topological polar surface area (TPSA) is 93.8 Å². The zero-order valence-corrected chi connectivity index (χ0v) is 36.5. The standard InChI is InChI=1S/C25H28ClN3O.C24H26ClN3O/c1-16(2)23-27-11-12-29(23)22-14-18(17-5-9-21(26)10-6-17)13-19(15-22)24(30)28-25(3,4)20-7-8-20;1-4-22-26-11-12-28(22)21-14-17(16-5-9-20(25)10-6-16)13-18(15-21)23(29)27-24(2,3)19-7-8-19/h5-6,9-16,20H,7-8H2,1-4H3,(H,28,30);5-6,9-15,19H,4,7-8H2,1-3H3,(H,27,29). The fraction of sp³-hybridized carbons (Fsp3) is 0.347. The van der Waals surface area contributed by atoms with Crippen LogP contribution in [0.15, 0.2) is 110 Å². The van der Waals surface area contributed by atoms with Crippen molar-refractivity contribution in [2.24, 2.45) is 11.8 Å². The predicted octanol–water partition coefficient (Wildman–Crippen LogP) is 11.9. The quantitative estimate of drug-likeness (QED) is 0.128. The van der Waals surface area contributed by atoms with Crippen molar-refractivity contribution in [1.82, 2.24) is 29.7 Å². The first-order valence-electron chi connectivity index (χ1n) is 20.6. The van der Waals surface area contributed by atoms with Gasteiger partial charge in [0.05, 0.1) is 0 Å². The molecule has 2 N–H and O–H groups in total. The van der Waals surface area contributed by atoms with Crippen molar-refractivity contribution in [3.63, 3.8) is 0 Å². The molecule has 59 heavy (non-hydrogen) atoms. The van der Waals surface area contributed by atoms with Crippen molar-refractivity contribution in [2.75, 3.05) is 0 Å². The van der Waals surface area contributed by atoms with Crippen LogP contribution in [0.25, 0.3) is 33.6 Å². The van der Waals surface area contributed by atoms with E-state index in [1.807, 2.05) is 89.8 Å². The van der Waals surface area contributed by atoms with Crippen LogP contribution in [0.2, 0.25) is 10.0 Å². The van der Waals surface area contributed by atoms with Gasteiger partial charge in [0.2, 0.25) is 0 Å². The van der Waals surface area contributed by atoms with E-state index in [1.54, 1.807) is 12.4 Å². The molecule has 6 aromatic rings. The Labute approximate surface area is 358 Å². The molecule has 2 aliphatic rings. The minimum atomic E-state index is -0.203. The summed E-state index contributed by atoms with van der Waals surface area (Å²) in [6, 6.07) is 27.4. The molecule has 0 radical (unpaired) electrons. The monoisotopic (exact) mass is 828 g/mol. The highest BCUT2D eigenvalue weighted by molar-refractivity contribution is 6.31. The van der Waals surface area contributed by atoms with Gasteiger partial charge in [0.15, 0.2) is 0 Å². The van der Waals surface area contributed by atoms with Gasteiger partial charge in [-0.15, -0.1) is 0 Å². The third-order valence-electron chi connectivity index (χ3n) is 11.6. The molecule has 2 aromatic heterocycles. The fourth-order valence-corrected chi connectivity index (χ4v) is 7.97. The Morgan fingerprint density at radius 2 is 1.07 bits per heavy atom. The first kappa shape index (κ1) is 42.0. The van der Waals surface area contributed by atoms with Crippen molar-refractivity contribution in [1.29, 1.82) is 0 Å². The lowest BCUT2D eigenvalue weighted by Gasteiger charge is -2.26. The number of rotatable bonds is 12. The molecule has 10 heteroatoms. The summed E-state index contributed by atoms with van der Waals surface area (Å²) in [4.78, 5) is 35.3. The molecule has 0 aliphatic heterocycles. The van der Waals surface area contributed by atoms with E-state index in [9.17, 15) is 9.59 Å². The summed E-state index contributed by atoms with van der Waals surface area (Å²) in [5.74, 6) is 3.22. The molecular formula is C49H54Cl2N6O2. The maximum absolute atomic E-state index is 13.2. The Hall–Kier alpha value is -5.18. The maximum Gasteiger partial charge on any atom is 0.251 e. The van der Waals surface area contributed by atoms with Crippen LogP contribution in [-0.2, 0) is 6.42 Å². The number of hydrogen-bond acceptors (Lipinski definition) is 4. The lowest BCUT2D eigenvalue weighted by atomic mass is 9.97. The normalized spacial score (nSPS) is 14.1. The van der Waals surface area contributed by atoms with E-state index >= 15 is 0 Å². The summed E-state index contributed by atoms with van der Waals surface area (Å²) < 4.78 is 4.11. The number of aryl methyl sites for hydroxylation is 1. The number of hydrogen-bond donors (Lipinski definition) is 2. The number of benzene rings is 4. The van der Waals surface area contributed by atoms with Crippen molar-refractivity contribution in [3.8, 4) is 33.6 Å². The van der Waals surface area contributed by atoms with Crippen LogP contribution in [0.3, 0.4) is 0 Å². The number of nitrogens with one attached hydrogen (secondary N) is 2. The van der Waals surface area contributed by atoms with Crippen molar-refractivity contribution < 1.29 is 9.59 Å². The van der Waals surface area contributed by atoms with Gasteiger partial charge in [-0.05, 0) is 148 Å². The van der Waals surface area contributed by atoms with Gasteiger partial charge in [-0.25, -0.2) is 9.97 Å². The van der Waals surface area contributed by atoms with Gasteiger partial charge in [0, 0.05) is 80.8 Å². The molecule has 2 heterocycles. The minimum Gasteiger partial charge on any atom is -0.347 e. The van der Waals surface area contributed by atoms with Crippen LogP contribution >= 0.6 is 23.2 Å². The summed E-state index contributed by atoms with van der Waals surface area (Å²) in [6.45, 7) is 14.8. The van der Waals surface area contributed by atoms with Crippen LogP contribution in [0.5, 0.6) is 0 Å². The molecule has 8 rings (SSSR count). The highest BCUT2D eigenvalue weighted by Crippen LogP contribution is 2.40. The van der Waals surface area contributed by atoms with E-state index in [0.717, 1.165) is 51.7 Å². The zero-order chi connectivity index (χ0) is 42.1. The van der Waals surface area contributed by atoms with E-state index in [2.05, 4.69) is 85.8 Å². The molecule has 8 nitrogen and oxygen atoms in total. The van der Waals surface area contributed by atoms with Crippen molar-refractivity contribution >= 4 is 35.0 Å². The van der Waals surface area contributed by atoms with Crippen LogP contribution < -0.4 is 10.6 Å². The van der Waals surface area contributed by atoms with Gasteiger partial charge in [-0.1, -0.05) is 68.2 Å². The maximum atomic E-state index is 13.2. The summed E-state index contributed by atoms with van der Waals surface area (Å²) in [5, 5.41) is 7.87. The molecule has 2 fully saturated rings. The summed E-state index contributed by atoms with van der Waals surface area (Å²) >= 11 is 12.1. The lowest BCUT2D eigenvalue weighted by molar-refractivity contribution is 0.0894. The lowest BCUT2D eigenvalue weighted by Crippen LogP contribution is -2.45. The molecule has 0 saturated heterocycles. The molecule has 2 amide bonds. The second-order valence-electron chi connectivity index (χ2n) is 17.3. The SMILES string of the molecule is CC(C)c1nccn1-c1cc(C(=O)NC(C)(C)C2CC2)cc(-c2ccc(Cl)cc2)c1.CCc1nccn1-c1cc(C(=O)NC(C)(C)C2CC2)cc(-c2ccc(Cl)cc2)c1. The summed E-state index contributed by atoms with van der Waals surface area (Å²) in [7, 11) is 0. The van der Waals surface area contributed by atoms with E-state index in [0.29, 0.717) is 33.0 Å². The smallest absolute Gasteiger partial charge is 0.251 e. The number of nitrogens with zero attached hydrogens (tertiary/aromatic N) is 4. The molecular weight excluding hydrogens is 775 g/mol. The van der Waals surface area contributed by atoms with E-state index in [1.165, 1.54) is 25.7 Å². The van der Waals surface area contributed by atoms with E-state index in [-0.39, 0.29) is 28.8 Å². The van der Waals surface area contributed by atoms with E-state index in [4.69, 9.17) is 23.2 Å². The fourth-order valence-electron chi connectivity index (χ4n) is 7.72. The molecule has 0 unspecified atom stereocenters. The molecule has 2 saturated carbocycles. The second-order valence-corrected chi connectivity index (χ2v) is 18.2. The zero-order valence-electron chi connectivity index (χ0n) is 35.0.